The molecule has 0 aliphatic rings. The molecule has 4 heteroatoms. The highest BCUT2D eigenvalue weighted by molar-refractivity contribution is 5.94. The third-order valence-corrected chi connectivity index (χ3v) is 2.99. The summed E-state index contributed by atoms with van der Waals surface area (Å²) in [5, 5.41) is 8.18. The minimum atomic E-state index is -0.170. The van der Waals surface area contributed by atoms with Crippen LogP contribution in [-0.4, -0.2) is 15.2 Å². The molecule has 0 fully saturated rings. The summed E-state index contributed by atoms with van der Waals surface area (Å²) in [6.45, 7) is 2.00. The highest BCUT2D eigenvalue weighted by Gasteiger charge is 2.09. The standard InChI is InChI=1S/C14H11N3O/c1-9-6-7-15-8-12(9)13-10-4-2-3-5-11(10)14(18)17-16-13/h2-8H,1H3,(H,17,18). The fourth-order valence-electron chi connectivity index (χ4n) is 2.03. The van der Waals surface area contributed by atoms with Crippen molar-refractivity contribution in [2.75, 3.05) is 0 Å². The van der Waals surface area contributed by atoms with E-state index in [1.54, 1.807) is 18.5 Å². The van der Waals surface area contributed by atoms with Crippen LogP contribution in [0.15, 0.2) is 47.5 Å². The molecular formula is C14H11N3O. The Morgan fingerprint density at radius 1 is 1.11 bits per heavy atom. The molecule has 0 saturated heterocycles. The molecule has 0 spiro atoms. The van der Waals surface area contributed by atoms with Crippen LogP contribution in [0.4, 0.5) is 0 Å². The van der Waals surface area contributed by atoms with E-state index in [0.29, 0.717) is 5.39 Å². The summed E-state index contributed by atoms with van der Waals surface area (Å²) in [6, 6.07) is 9.37. The Labute approximate surface area is 103 Å². The molecule has 0 saturated carbocycles. The zero-order valence-electron chi connectivity index (χ0n) is 9.84. The number of aromatic nitrogens is 3. The minimum Gasteiger partial charge on any atom is -0.267 e. The summed E-state index contributed by atoms with van der Waals surface area (Å²) >= 11 is 0. The molecule has 4 nitrogen and oxygen atoms in total. The van der Waals surface area contributed by atoms with Gasteiger partial charge in [-0.15, -0.1) is 0 Å². The van der Waals surface area contributed by atoms with Crippen LogP contribution >= 0.6 is 0 Å². The maximum atomic E-state index is 11.7. The Balaban J connectivity index is 2.41. The van der Waals surface area contributed by atoms with E-state index in [-0.39, 0.29) is 5.56 Å². The number of fused-ring (bicyclic) bond motifs is 1. The van der Waals surface area contributed by atoms with Gasteiger partial charge in [0.05, 0.1) is 5.39 Å². The van der Waals surface area contributed by atoms with Crippen LogP contribution in [0.25, 0.3) is 22.0 Å². The predicted octanol–water partition coefficient (Wildman–Crippen LogP) is 2.29. The summed E-state index contributed by atoms with van der Waals surface area (Å²) in [4.78, 5) is 15.8. The van der Waals surface area contributed by atoms with Gasteiger partial charge in [0.1, 0.15) is 5.69 Å². The summed E-state index contributed by atoms with van der Waals surface area (Å²) in [5.41, 5.74) is 2.60. The first-order valence-corrected chi connectivity index (χ1v) is 5.66. The molecule has 0 unspecified atom stereocenters. The van der Waals surface area contributed by atoms with Crippen molar-refractivity contribution in [3.05, 3.63) is 58.6 Å². The second-order valence-corrected chi connectivity index (χ2v) is 4.14. The van der Waals surface area contributed by atoms with Crippen LogP contribution in [0.5, 0.6) is 0 Å². The van der Waals surface area contributed by atoms with E-state index >= 15 is 0 Å². The molecule has 0 radical (unpaired) electrons. The zero-order chi connectivity index (χ0) is 12.5. The third-order valence-electron chi connectivity index (χ3n) is 2.99. The lowest BCUT2D eigenvalue weighted by molar-refractivity contribution is 1.01. The molecule has 1 N–H and O–H groups in total. The van der Waals surface area contributed by atoms with Gasteiger partial charge in [0.2, 0.25) is 0 Å². The fourth-order valence-corrected chi connectivity index (χ4v) is 2.03. The summed E-state index contributed by atoms with van der Waals surface area (Å²) in [6.07, 6.45) is 3.51. The molecule has 88 valence electrons. The van der Waals surface area contributed by atoms with Crippen molar-refractivity contribution in [1.29, 1.82) is 0 Å². The van der Waals surface area contributed by atoms with Gasteiger partial charge in [0.15, 0.2) is 0 Å². The molecule has 0 amide bonds. The van der Waals surface area contributed by atoms with Crippen molar-refractivity contribution < 1.29 is 0 Å². The number of hydrogen-bond acceptors (Lipinski definition) is 3. The Kier molecular flexibility index (Phi) is 2.41. The van der Waals surface area contributed by atoms with E-state index in [1.807, 2.05) is 31.2 Å². The number of hydrogen-bond donors (Lipinski definition) is 1. The van der Waals surface area contributed by atoms with Crippen LogP contribution in [0.3, 0.4) is 0 Å². The number of aromatic amines is 1. The first-order valence-electron chi connectivity index (χ1n) is 5.66. The Morgan fingerprint density at radius 3 is 2.67 bits per heavy atom. The van der Waals surface area contributed by atoms with Gasteiger partial charge in [-0.2, -0.15) is 5.10 Å². The van der Waals surface area contributed by atoms with Crippen molar-refractivity contribution in [3.63, 3.8) is 0 Å². The van der Waals surface area contributed by atoms with E-state index < -0.39 is 0 Å². The van der Waals surface area contributed by atoms with Gasteiger partial charge in [0, 0.05) is 23.3 Å². The number of nitrogens with one attached hydrogen (secondary N) is 1. The first kappa shape index (κ1) is 10.7. The first-order chi connectivity index (χ1) is 8.77. The Hall–Kier alpha value is -2.49. The second kappa shape index (κ2) is 4.07. The smallest absolute Gasteiger partial charge is 0.267 e. The van der Waals surface area contributed by atoms with E-state index in [0.717, 1.165) is 22.2 Å². The number of pyridine rings is 1. The third kappa shape index (κ3) is 1.59. The maximum Gasteiger partial charge on any atom is 0.272 e. The highest BCUT2D eigenvalue weighted by atomic mass is 16.1. The van der Waals surface area contributed by atoms with Crippen molar-refractivity contribution in [2.24, 2.45) is 0 Å². The van der Waals surface area contributed by atoms with Crippen LogP contribution in [-0.2, 0) is 0 Å². The van der Waals surface area contributed by atoms with Gasteiger partial charge < -0.3 is 0 Å². The number of benzene rings is 1. The van der Waals surface area contributed by atoms with Gasteiger partial charge in [-0.25, -0.2) is 5.10 Å². The number of rotatable bonds is 1. The molecular weight excluding hydrogens is 226 g/mol. The fraction of sp³-hybridized carbons (Fsp3) is 0.0714. The SMILES string of the molecule is Cc1ccncc1-c1n[nH]c(=O)c2ccccc12. The van der Waals surface area contributed by atoms with Gasteiger partial charge in [-0.3, -0.25) is 9.78 Å². The lowest BCUT2D eigenvalue weighted by Gasteiger charge is -2.06. The average Bonchev–Trinajstić information content (AvgIpc) is 2.41. The molecule has 0 aliphatic heterocycles. The highest BCUT2D eigenvalue weighted by Crippen LogP contribution is 2.25. The van der Waals surface area contributed by atoms with Gasteiger partial charge >= 0.3 is 0 Å². The number of nitrogens with zero attached hydrogens (tertiary/aromatic N) is 2. The molecule has 1 aromatic carbocycles. The van der Waals surface area contributed by atoms with Crippen molar-refractivity contribution >= 4 is 10.8 Å². The zero-order valence-corrected chi connectivity index (χ0v) is 9.84. The molecule has 0 atom stereocenters. The van der Waals surface area contributed by atoms with Gasteiger partial charge in [-0.1, -0.05) is 18.2 Å². The molecule has 0 bridgehead atoms. The van der Waals surface area contributed by atoms with Crippen molar-refractivity contribution in [2.45, 2.75) is 6.92 Å². The molecule has 18 heavy (non-hydrogen) atoms. The van der Waals surface area contributed by atoms with E-state index in [4.69, 9.17) is 0 Å². The molecule has 0 aliphatic carbocycles. The maximum absolute atomic E-state index is 11.7. The quantitative estimate of drug-likeness (QED) is 0.706. The van der Waals surface area contributed by atoms with Gasteiger partial charge in [-0.05, 0) is 24.6 Å². The topological polar surface area (TPSA) is 58.6 Å². The Morgan fingerprint density at radius 2 is 1.89 bits per heavy atom. The second-order valence-electron chi connectivity index (χ2n) is 4.14. The normalized spacial score (nSPS) is 10.7. The minimum absolute atomic E-state index is 0.170. The lowest BCUT2D eigenvalue weighted by Crippen LogP contribution is -2.09. The van der Waals surface area contributed by atoms with Crippen LogP contribution in [0.1, 0.15) is 5.56 Å². The monoisotopic (exact) mass is 237 g/mol. The molecule has 2 heterocycles. The van der Waals surface area contributed by atoms with Crippen LogP contribution in [0.2, 0.25) is 0 Å². The average molecular weight is 237 g/mol. The summed E-state index contributed by atoms with van der Waals surface area (Å²) in [5.74, 6) is 0. The van der Waals surface area contributed by atoms with E-state index in [9.17, 15) is 4.79 Å². The van der Waals surface area contributed by atoms with Crippen LogP contribution < -0.4 is 5.56 Å². The van der Waals surface area contributed by atoms with Crippen molar-refractivity contribution in [1.82, 2.24) is 15.2 Å². The van der Waals surface area contributed by atoms with Crippen LogP contribution in [0, 0.1) is 6.92 Å². The van der Waals surface area contributed by atoms with Crippen molar-refractivity contribution in [3.8, 4) is 11.3 Å². The Bertz CT molecular complexity index is 777. The largest absolute Gasteiger partial charge is 0.272 e. The molecule has 3 rings (SSSR count). The van der Waals surface area contributed by atoms with E-state index in [1.165, 1.54) is 0 Å². The summed E-state index contributed by atoms with van der Waals surface area (Å²) < 4.78 is 0. The lowest BCUT2D eigenvalue weighted by atomic mass is 10.0. The predicted molar refractivity (Wildman–Crippen MR) is 70.3 cm³/mol. The number of H-pyrrole nitrogens is 1. The summed E-state index contributed by atoms with van der Waals surface area (Å²) in [7, 11) is 0. The molecule has 3 aromatic rings. The number of aryl methyl sites for hydroxylation is 1. The van der Waals surface area contributed by atoms with E-state index in [2.05, 4.69) is 15.2 Å². The van der Waals surface area contributed by atoms with Gasteiger partial charge in [0.25, 0.3) is 5.56 Å². The molecule has 2 aromatic heterocycles.